The lowest BCUT2D eigenvalue weighted by molar-refractivity contribution is -0.0440. The molecule has 0 atom stereocenters. The minimum Gasteiger partial charge on any atom is -0.467 e. The van der Waals surface area contributed by atoms with Gasteiger partial charge in [-0.05, 0) is 38.1 Å². The van der Waals surface area contributed by atoms with Gasteiger partial charge in [0.1, 0.15) is 11.5 Å². The molecular formula is C14H20O6Si. The third kappa shape index (κ3) is 4.83. The van der Waals surface area contributed by atoms with Crippen molar-refractivity contribution in [3.05, 3.63) is 48.3 Å². The number of hydrogen-bond donors (Lipinski definition) is 0. The molecule has 6 nitrogen and oxygen atoms in total. The monoisotopic (exact) mass is 312 g/mol. The van der Waals surface area contributed by atoms with Crippen molar-refractivity contribution in [2.45, 2.75) is 27.1 Å². The highest BCUT2D eigenvalue weighted by Gasteiger charge is 2.45. The molecule has 0 saturated heterocycles. The fourth-order valence-electron chi connectivity index (χ4n) is 1.71. The molecule has 2 rings (SSSR count). The average Bonchev–Trinajstić information content (AvgIpc) is 3.17. The molecule has 0 amide bonds. The zero-order valence-electron chi connectivity index (χ0n) is 12.2. The van der Waals surface area contributed by atoms with Crippen LogP contribution in [0.3, 0.4) is 0 Å². The Morgan fingerprint density at radius 1 is 0.810 bits per heavy atom. The second-order valence-electron chi connectivity index (χ2n) is 4.10. The summed E-state index contributed by atoms with van der Waals surface area (Å²) in [4.78, 5) is 0. The van der Waals surface area contributed by atoms with E-state index < -0.39 is 9.05 Å². The molecule has 2 aromatic rings. The van der Waals surface area contributed by atoms with Gasteiger partial charge in [-0.3, -0.25) is 0 Å². The zero-order chi connectivity index (χ0) is 15.0. The number of hydrogen-bond acceptors (Lipinski definition) is 6. The van der Waals surface area contributed by atoms with Crippen LogP contribution >= 0.6 is 0 Å². The predicted molar refractivity (Wildman–Crippen MR) is 76.0 cm³/mol. The van der Waals surface area contributed by atoms with Crippen LogP contribution in [0.15, 0.2) is 45.6 Å². The molecule has 0 aliphatic carbocycles. The molecule has 116 valence electrons. The van der Waals surface area contributed by atoms with E-state index in [1.54, 1.807) is 24.7 Å². The molecule has 7 heteroatoms. The molecule has 0 radical (unpaired) electrons. The molecular weight excluding hydrogens is 292 g/mol. The average molecular weight is 312 g/mol. The number of rotatable bonds is 10. The van der Waals surface area contributed by atoms with Crippen molar-refractivity contribution in [3.63, 3.8) is 0 Å². The van der Waals surface area contributed by atoms with E-state index >= 15 is 0 Å². The molecule has 0 N–H and O–H groups in total. The van der Waals surface area contributed by atoms with E-state index in [1.807, 2.05) is 26.0 Å². The molecule has 0 unspecified atom stereocenters. The van der Waals surface area contributed by atoms with Crippen molar-refractivity contribution < 1.29 is 26.5 Å². The summed E-state index contributed by atoms with van der Waals surface area (Å²) in [6.45, 7) is 5.07. The fraction of sp³-hybridized carbons (Fsp3) is 0.429. The summed E-state index contributed by atoms with van der Waals surface area (Å²) in [6.07, 6.45) is 3.18. The maximum atomic E-state index is 5.79. The van der Waals surface area contributed by atoms with E-state index in [0.29, 0.717) is 24.7 Å². The van der Waals surface area contributed by atoms with E-state index in [1.165, 1.54) is 0 Å². The molecule has 2 heterocycles. The largest absolute Gasteiger partial charge is 0.680 e. The van der Waals surface area contributed by atoms with E-state index in [0.717, 1.165) is 0 Å². The highest BCUT2D eigenvalue weighted by Crippen LogP contribution is 2.18. The summed E-state index contributed by atoms with van der Waals surface area (Å²) in [5, 5.41) is 0. The van der Waals surface area contributed by atoms with Crippen LogP contribution in [0.4, 0.5) is 0 Å². The van der Waals surface area contributed by atoms with Crippen LogP contribution in [-0.2, 0) is 30.9 Å². The molecule has 0 aliphatic rings. The van der Waals surface area contributed by atoms with Gasteiger partial charge in [0.2, 0.25) is 0 Å². The summed E-state index contributed by atoms with van der Waals surface area (Å²) < 4.78 is 33.4. The van der Waals surface area contributed by atoms with E-state index in [2.05, 4.69) is 0 Å². The predicted octanol–water partition coefficient (Wildman–Crippen LogP) is 3.11. The molecule has 0 fully saturated rings. The van der Waals surface area contributed by atoms with Gasteiger partial charge in [0.15, 0.2) is 0 Å². The first-order chi connectivity index (χ1) is 10.3. The van der Waals surface area contributed by atoms with Crippen molar-refractivity contribution in [2.24, 2.45) is 0 Å². The molecule has 0 aliphatic heterocycles. The van der Waals surface area contributed by atoms with E-state index in [4.69, 9.17) is 26.5 Å². The Bertz CT molecular complexity index is 435. The number of furan rings is 2. The Hall–Kier alpha value is -1.38. The van der Waals surface area contributed by atoms with Gasteiger partial charge in [0.05, 0.1) is 25.7 Å². The molecule has 0 aromatic carbocycles. The van der Waals surface area contributed by atoms with Crippen LogP contribution in [0.2, 0.25) is 0 Å². The third-order valence-corrected chi connectivity index (χ3v) is 4.87. The van der Waals surface area contributed by atoms with Crippen molar-refractivity contribution >= 4 is 9.05 Å². The molecule has 2 aromatic heterocycles. The van der Waals surface area contributed by atoms with Gasteiger partial charge in [-0.25, -0.2) is 0 Å². The van der Waals surface area contributed by atoms with Crippen LogP contribution in [0.1, 0.15) is 25.4 Å². The van der Waals surface area contributed by atoms with Gasteiger partial charge in [-0.1, -0.05) is 0 Å². The maximum Gasteiger partial charge on any atom is 0.680 e. The standard InChI is InChI=1S/C14H20O6Si/c1-3-17-21(18-4-2,19-11-13-7-5-9-15-13)20-12-14-8-6-10-16-14/h5-10H,3-4,11-12H2,1-2H3. The summed E-state index contributed by atoms with van der Waals surface area (Å²) in [5.74, 6) is 1.38. The summed E-state index contributed by atoms with van der Waals surface area (Å²) in [6, 6.07) is 7.24. The Kier molecular flexibility index (Phi) is 6.21. The minimum absolute atomic E-state index is 0.234. The lowest BCUT2D eigenvalue weighted by atomic mass is 10.5. The van der Waals surface area contributed by atoms with Crippen molar-refractivity contribution in [1.82, 2.24) is 0 Å². The van der Waals surface area contributed by atoms with E-state index in [9.17, 15) is 0 Å². The van der Waals surface area contributed by atoms with Gasteiger partial charge < -0.3 is 26.5 Å². The fourth-order valence-corrected chi connectivity index (χ4v) is 3.56. The van der Waals surface area contributed by atoms with Gasteiger partial charge >= 0.3 is 9.05 Å². The normalized spacial score (nSPS) is 11.9. The van der Waals surface area contributed by atoms with E-state index in [-0.39, 0.29) is 13.2 Å². The quantitative estimate of drug-likeness (QED) is 0.628. The van der Waals surface area contributed by atoms with Crippen molar-refractivity contribution in [3.8, 4) is 0 Å². The van der Waals surface area contributed by atoms with Gasteiger partial charge in [0.25, 0.3) is 0 Å². The Labute approximate surface area is 125 Å². The van der Waals surface area contributed by atoms with Crippen molar-refractivity contribution in [2.75, 3.05) is 13.2 Å². The second-order valence-corrected chi connectivity index (χ2v) is 6.26. The maximum absolute atomic E-state index is 5.79. The van der Waals surface area contributed by atoms with Gasteiger partial charge in [-0.2, -0.15) is 0 Å². The highest BCUT2D eigenvalue weighted by molar-refractivity contribution is 6.53. The van der Waals surface area contributed by atoms with Crippen LogP contribution in [0.25, 0.3) is 0 Å². The lowest BCUT2D eigenvalue weighted by Gasteiger charge is -2.26. The lowest BCUT2D eigenvalue weighted by Crippen LogP contribution is -2.49. The summed E-state index contributed by atoms with van der Waals surface area (Å²) >= 11 is 0. The third-order valence-electron chi connectivity index (χ3n) is 2.58. The Morgan fingerprint density at radius 3 is 1.62 bits per heavy atom. The second kappa shape index (κ2) is 8.16. The van der Waals surface area contributed by atoms with Crippen LogP contribution in [-0.4, -0.2) is 22.3 Å². The van der Waals surface area contributed by atoms with Gasteiger partial charge in [0, 0.05) is 13.2 Å². The zero-order valence-corrected chi connectivity index (χ0v) is 13.2. The summed E-state index contributed by atoms with van der Waals surface area (Å²) in [5.41, 5.74) is 0. The molecule has 0 saturated carbocycles. The van der Waals surface area contributed by atoms with Crippen LogP contribution < -0.4 is 0 Å². The van der Waals surface area contributed by atoms with Crippen molar-refractivity contribution in [1.29, 1.82) is 0 Å². The topological polar surface area (TPSA) is 63.2 Å². The smallest absolute Gasteiger partial charge is 0.467 e. The highest BCUT2D eigenvalue weighted by atomic mass is 28.4. The Morgan fingerprint density at radius 2 is 1.29 bits per heavy atom. The Balaban J connectivity index is 1.99. The SMILES string of the molecule is CCO[Si](OCC)(OCc1ccco1)OCc1ccco1. The first-order valence-corrected chi connectivity index (χ1v) is 8.52. The van der Waals surface area contributed by atoms with Crippen LogP contribution in [0.5, 0.6) is 0 Å². The minimum atomic E-state index is -3.23. The molecule has 0 spiro atoms. The van der Waals surface area contributed by atoms with Gasteiger partial charge in [-0.15, -0.1) is 0 Å². The molecule has 0 bridgehead atoms. The van der Waals surface area contributed by atoms with Crippen LogP contribution in [0, 0.1) is 0 Å². The first-order valence-electron chi connectivity index (χ1n) is 6.88. The summed E-state index contributed by atoms with van der Waals surface area (Å²) in [7, 11) is -3.23. The molecule has 21 heavy (non-hydrogen) atoms. The first kappa shape index (κ1) is 16.0.